The van der Waals surface area contributed by atoms with E-state index in [1.807, 2.05) is 36.4 Å². The van der Waals surface area contributed by atoms with E-state index in [0.717, 1.165) is 72.4 Å². The molecular formula is C55H60Cl2N3O4+. The molecule has 6 rings (SSSR count). The van der Waals surface area contributed by atoms with Gasteiger partial charge >= 0.3 is 5.97 Å². The monoisotopic (exact) mass is 896 g/mol. The number of allylic oxidation sites excluding steroid dienone is 8. The number of nitrogens with zero attached hydrogens (tertiary/aromatic N) is 3. The Morgan fingerprint density at radius 1 is 0.922 bits per heavy atom. The van der Waals surface area contributed by atoms with Gasteiger partial charge in [0.2, 0.25) is 5.69 Å². The number of benzene rings is 4. The molecule has 64 heavy (non-hydrogen) atoms. The summed E-state index contributed by atoms with van der Waals surface area (Å²) in [6, 6.07) is 33.9. The number of hydrogen-bond donors (Lipinski definition) is 1. The second kappa shape index (κ2) is 22.8. The first-order valence-electron chi connectivity index (χ1n) is 22.6. The molecule has 1 N–H and O–H groups in total. The molecule has 0 fully saturated rings. The van der Waals surface area contributed by atoms with Crippen molar-refractivity contribution in [1.29, 1.82) is 5.26 Å². The number of aliphatic carboxylic acids is 1. The quantitative estimate of drug-likeness (QED) is 0.0152. The van der Waals surface area contributed by atoms with Gasteiger partial charge in [-0.05, 0) is 103 Å². The van der Waals surface area contributed by atoms with Crippen LogP contribution in [0.1, 0.15) is 92.2 Å². The Morgan fingerprint density at radius 2 is 1.72 bits per heavy atom. The minimum atomic E-state index is -0.867. The van der Waals surface area contributed by atoms with Gasteiger partial charge in [0.15, 0.2) is 12.3 Å². The number of rotatable bonds is 23. The summed E-state index contributed by atoms with van der Waals surface area (Å²) < 4.78 is 7.53. The van der Waals surface area contributed by atoms with Crippen LogP contribution in [0.4, 0.5) is 11.4 Å². The maximum atomic E-state index is 12.2. The molecule has 0 saturated heterocycles. The molecule has 0 spiro atoms. The summed E-state index contributed by atoms with van der Waals surface area (Å²) in [7, 11) is 0. The lowest BCUT2D eigenvalue weighted by atomic mass is 9.68. The van der Waals surface area contributed by atoms with Crippen molar-refractivity contribution in [3.8, 4) is 6.07 Å². The zero-order valence-corrected chi connectivity index (χ0v) is 38.9. The summed E-state index contributed by atoms with van der Waals surface area (Å²) in [4.78, 5) is 25.8. The summed E-state index contributed by atoms with van der Waals surface area (Å²) >= 11 is 13.1. The molecule has 0 saturated carbocycles. The Balaban J connectivity index is 1.56. The molecular weight excluding hydrogens is 838 g/mol. The maximum Gasteiger partial charge on any atom is 0.305 e. The molecule has 0 bridgehead atoms. The number of halogens is 2. The highest BCUT2D eigenvalue weighted by atomic mass is 35.5. The zero-order chi connectivity index (χ0) is 45.5. The first-order chi connectivity index (χ1) is 31.1. The molecule has 332 valence electrons. The van der Waals surface area contributed by atoms with Crippen molar-refractivity contribution in [3.05, 3.63) is 177 Å². The summed E-state index contributed by atoms with van der Waals surface area (Å²) in [5.41, 5.74) is 10.2. The van der Waals surface area contributed by atoms with Crippen LogP contribution in [0.2, 0.25) is 5.02 Å². The minimum absolute atomic E-state index is 0.0403. The van der Waals surface area contributed by atoms with Gasteiger partial charge < -0.3 is 14.7 Å². The van der Waals surface area contributed by atoms with E-state index in [-0.39, 0.29) is 13.0 Å². The lowest BCUT2D eigenvalue weighted by Crippen LogP contribution is -2.39. The third-order valence-corrected chi connectivity index (χ3v) is 13.3. The lowest BCUT2D eigenvalue weighted by Gasteiger charge is -2.33. The van der Waals surface area contributed by atoms with Crippen LogP contribution < -0.4 is 4.90 Å². The van der Waals surface area contributed by atoms with Gasteiger partial charge in [0.05, 0.1) is 23.5 Å². The Hall–Kier alpha value is -5.68. The fourth-order valence-electron chi connectivity index (χ4n) is 9.74. The number of ether oxygens (including phenoxy) is 1. The number of nitriles is 1. The van der Waals surface area contributed by atoms with E-state index in [1.54, 1.807) is 0 Å². The summed E-state index contributed by atoms with van der Waals surface area (Å²) in [6.07, 6.45) is 20.0. The number of fused-ring (bicyclic) bond motifs is 2. The number of carbonyl (C=O) groups is 2. The normalized spacial score (nSPS) is 18.8. The third kappa shape index (κ3) is 10.8. The van der Waals surface area contributed by atoms with Crippen LogP contribution in [-0.2, 0) is 44.4 Å². The van der Waals surface area contributed by atoms with Crippen molar-refractivity contribution in [1.82, 2.24) is 0 Å². The highest BCUT2D eigenvalue weighted by Crippen LogP contribution is 2.54. The average molecular weight is 898 g/mol. The van der Waals surface area contributed by atoms with Crippen molar-refractivity contribution in [3.63, 3.8) is 0 Å². The van der Waals surface area contributed by atoms with Gasteiger partial charge in [-0.2, -0.15) is 9.84 Å². The smallest absolute Gasteiger partial charge is 0.305 e. The molecule has 0 amide bonds. The Labute approximate surface area is 389 Å². The van der Waals surface area contributed by atoms with Crippen LogP contribution in [0.5, 0.6) is 0 Å². The Morgan fingerprint density at radius 3 is 2.44 bits per heavy atom. The molecule has 2 aliphatic heterocycles. The highest BCUT2D eigenvalue weighted by Gasteiger charge is 2.52. The van der Waals surface area contributed by atoms with Crippen molar-refractivity contribution in [2.75, 3.05) is 30.5 Å². The van der Waals surface area contributed by atoms with Crippen LogP contribution in [0.25, 0.3) is 0 Å². The van der Waals surface area contributed by atoms with Gasteiger partial charge in [-0.3, -0.25) is 9.59 Å². The van der Waals surface area contributed by atoms with Gasteiger partial charge in [-0.15, -0.1) is 11.6 Å². The standard InChI is InChI=1S/C55H59Cl2N3O4/c1-4-6-7-13-29-54(30-14-15-31-56)47-35-42(5-2)20-24-49(47)59(32-28-53(62)63)51(54)26-21-44(39-58)22-27-52-55(37-43-17-9-8-10-18-43,38-45-19-12-11-16-41(45)3)48-36-46(57)23-25-50(48)60(52)33-34-64-40-61/h8-12,14-27,35-36,40H,4-7,13,28-34,37-38H2,1-3H3/p+1/b15-14+. The number of carboxylic acid groups (broad SMARTS) is 1. The predicted octanol–water partition coefficient (Wildman–Crippen LogP) is 12.5. The fourth-order valence-corrected chi connectivity index (χ4v) is 10.0. The van der Waals surface area contributed by atoms with Gasteiger partial charge in [0.1, 0.15) is 6.61 Å². The van der Waals surface area contributed by atoms with Crippen molar-refractivity contribution < 1.29 is 24.0 Å². The number of hydrogen-bond acceptors (Lipinski definition) is 5. The summed E-state index contributed by atoms with van der Waals surface area (Å²) in [5, 5.41) is 21.5. The molecule has 0 radical (unpaired) electrons. The van der Waals surface area contributed by atoms with Crippen LogP contribution in [-0.4, -0.2) is 53.4 Å². The van der Waals surface area contributed by atoms with Crippen LogP contribution >= 0.6 is 23.2 Å². The SMILES string of the molecule is CCCCCCC1(C/C=C/CCl)C(=CC=C(C#N)C=CC2=[N+](CCOC=O)c3ccc(Cl)cc3C2(Cc2ccccc2)Cc2ccccc2C)N(CCC(=O)O)c2ccc(CC)cc21. The van der Waals surface area contributed by atoms with E-state index in [9.17, 15) is 20.0 Å². The van der Waals surface area contributed by atoms with E-state index in [2.05, 4.69) is 127 Å². The van der Waals surface area contributed by atoms with Gasteiger partial charge in [-0.1, -0.05) is 130 Å². The molecule has 4 aromatic carbocycles. The van der Waals surface area contributed by atoms with E-state index in [0.29, 0.717) is 55.3 Å². The van der Waals surface area contributed by atoms with Crippen molar-refractivity contribution in [2.24, 2.45) is 0 Å². The van der Waals surface area contributed by atoms with Gasteiger partial charge in [0.25, 0.3) is 6.47 Å². The topological polar surface area (TPSA) is 93.6 Å². The molecule has 2 aliphatic rings. The Kier molecular flexibility index (Phi) is 17.0. The number of carboxylic acids is 1. The predicted molar refractivity (Wildman–Crippen MR) is 261 cm³/mol. The second-order valence-corrected chi connectivity index (χ2v) is 17.6. The first-order valence-corrected chi connectivity index (χ1v) is 23.5. The first kappa shape index (κ1) is 47.8. The maximum absolute atomic E-state index is 12.2. The van der Waals surface area contributed by atoms with Crippen molar-refractivity contribution in [2.45, 2.75) is 95.8 Å². The lowest BCUT2D eigenvalue weighted by molar-refractivity contribution is -0.440. The molecule has 7 nitrogen and oxygen atoms in total. The van der Waals surface area contributed by atoms with E-state index in [1.165, 1.54) is 22.3 Å². The van der Waals surface area contributed by atoms with E-state index in [4.69, 9.17) is 27.9 Å². The largest absolute Gasteiger partial charge is 0.481 e. The average Bonchev–Trinajstić information content (AvgIpc) is 3.69. The van der Waals surface area contributed by atoms with Gasteiger partial charge in [-0.25, -0.2) is 0 Å². The molecule has 4 aromatic rings. The van der Waals surface area contributed by atoms with Crippen LogP contribution in [0.15, 0.2) is 139 Å². The molecule has 2 unspecified atom stereocenters. The summed E-state index contributed by atoms with van der Waals surface area (Å²) in [6.45, 7) is 7.81. The molecule has 0 aliphatic carbocycles. The molecule has 0 aromatic heterocycles. The number of unbranched alkanes of at least 4 members (excludes halogenated alkanes) is 3. The minimum Gasteiger partial charge on any atom is -0.481 e. The molecule has 9 heteroatoms. The molecule has 2 atom stereocenters. The fraction of sp³-hybridized carbons (Fsp3) is 0.345. The van der Waals surface area contributed by atoms with Gasteiger partial charge in [0, 0.05) is 52.0 Å². The molecule has 2 heterocycles. The second-order valence-electron chi connectivity index (χ2n) is 16.9. The van der Waals surface area contributed by atoms with Crippen LogP contribution in [0, 0.1) is 18.3 Å². The third-order valence-electron chi connectivity index (χ3n) is 12.9. The number of aryl methyl sites for hydroxylation is 2. The van der Waals surface area contributed by atoms with Crippen molar-refractivity contribution >= 4 is 52.7 Å². The zero-order valence-electron chi connectivity index (χ0n) is 37.4. The highest BCUT2D eigenvalue weighted by molar-refractivity contribution is 6.30. The van der Waals surface area contributed by atoms with E-state index >= 15 is 0 Å². The number of alkyl halides is 1. The van der Waals surface area contributed by atoms with E-state index < -0.39 is 16.8 Å². The van der Waals surface area contributed by atoms with Crippen LogP contribution in [0.3, 0.4) is 0 Å². The Bertz CT molecular complexity index is 2480. The number of anilines is 1. The summed E-state index contributed by atoms with van der Waals surface area (Å²) in [5.74, 6) is -0.477. The number of carbonyl (C=O) groups excluding carboxylic acids is 1.